The molecule has 104 valence electrons. The van der Waals surface area contributed by atoms with Crippen molar-refractivity contribution in [2.45, 2.75) is 26.8 Å². The highest BCUT2D eigenvalue weighted by molar-refractivity contribution is 6.29. The van der Waals surface area contributed by atoms with Crippen LogP contribution in [0, 0.1) is 13.8 Å². The predicted octanol–water partition coefficient (Wildman–Crippen LogP) is 3.84. The van der Waals surface area contributed by atoms with Crippen LogP contribution >= 0.6 is 11.6 Å². The molecule has 1 N–H and O–H groups in total. The first-order valence-electron chi connectivity index (χ1n) is 6.48. The van der Waals surface area contributed by atoms with Crippen molar-refractivity contribution < 1.29 is 4.79 Å². The van der Waals surface area contributed by atoms with Crippen LogP contribution < -0.4 is 5.32 Å². The minimum absolute atomic E-state index is 0.0797. The summed E-state index contributed by atoms with van der Waals surface area (Å²) in [5, 5.41) is 3.26. The van der Waals surface area contributed by atoms with E-state index in [1.165, 1.54) is 5.56 Å². The number of amides is 1. The summed E-state index contributed by atoms with van der Waals surface area (Å²) in [6, 6.07) is 11.1. The van der Waals surface area contributed by atoms with Crippen LogP contribution in [0.15, 0.2) is 36.4 Å². The fraction of sp³-hybridized carbons (Fsp3) is 0.250. The standard InChI is InChI=1S/C16H17ClN2O/c1-10-7-8-13(11(2)9-10)12(3)18-16(20)14-5-4-6-15(17)19-14/h4-9,12H,1-3H3,(H,18,20). The van der Waals surface area contributed by atoms with E-state index in [2.05, 4.69) is 23.3 Å². The van der Waals surface area contributed by atoms with Crippen LogP contribution in [-0.2, 0) is 0 Å². The average molecular weight is 289 g/mol. The number of hydrogen-bond donors (Lipinski definition) is 1. The Morgan fingerprint density at radius 3 is 2.65 bits per heavy atom. The van der Waals surface area contributed by atoms with Gasteiger partial charge in [-0.1, -0.05) is 41.4 Å². The van der Waals surface area contributed by atoms with E-state index in [0.717, 1.165) is 11.1 Å². The quantitative estimate of drug-likeness (QED) is 0.872. The molecule has 1 amide bonds. The molecule has 0 radical (unpaired) electrons. The predicted molar refractivity (Wildman–Crippen MR) is 81.0 cm³/mol. The molecule has 0 aliphatic carbocycles. The van der Waals surface area contributed by atoms with Crippen LogP contribution in [0.25, 0.3) is 0 Å². The first-order chi connectivity index (χ1) is 9.47. The van der Waals surface area contributed by atoms with Crippen molar-refractivity contribution in [2.24, 2.45) is 0 Å². The lowest BCUT2D eigenvalue weighted by molar-refractivity contribution is 0.0935. The Bertz CT molecular complexity index is 640. The smallest absolute Gasteiger partial charge is 0.270 e. The molecule has 0 saturated heterocycles. The van der Waals surface area contributed by atoms with Gasteiger partial charge in [-0.25, -0.2) is 4.98 Å². The fourth-order valence-corrected chi connectivity index (χ4v) is 2.36. The number of pyridine rings is 1. The number of aromatic nitrogens is 1. The number of nitrogens with one attached hydrogen (secondary N) is 1. The Morgan fingerprint density at radius 1 is 1.25 bits per heavy atom. The molecule has 1 aromatic heterocycles. The van der Waals surface area contributed by atoms with E-state index in [1.54, 1.807) is 18.2 Å². The van der Waals surface area contributed by atoms with Crippen LogP contribution in [0.1, 0.15) is 40.1 Å². The second-order valence-electron chi connectivity index (χ2n) is 4.90. The maximum absolute atomic E-state index is 12.1. The Hall–Kier alpha value is -1.87. The van der Waals surface area contributed by atoms with Crippen LogP contribution in [0.2, 0.25) is 5.15 Å². The molecule has 3 nitrogen and oxygen atoms in total. The van der Waals surface area contributed by atoms with Gasteiger partial charge in [0.2, 0.25) is 0 Å². The molecular weight excluding hydrogens is 272 g/mol. The van der Waals surface area contributed by atoms with E-state index >= 15 is 0 Å². The van der Waals surface area contributed by atoms with Crippen molar-refractivity contribution in [2.75, 3.05) is 0 Å². The Kier molecular flexibility index (Phi) is 4.40. The molecule has 0 bridgehead atoms. The topological polar surface area (TPSA) is 42.0 Å². The van der Waals surface area contributed by atoms with Gasteiger partial charge in [0.05, 0.1) is 6.04 Å². The SMILES string of the molecule is Cc1ccc(C(C)NC(=O)c2cccc(Cl)n2)c(C)c1. The molecule has 0 spiro atoms. The lowest BCUT2D eigenvalue weighted by Gasteiger charge is -2.17. The molecule has 1 heterocycles. The number of rotatable bonds is 3. The average Bonchev–Trinajstić information content (AvgIpc) is 2.38. The lowest BCUT2D eigenvalue weighted by atomic mass is 10.0. The van der Waals surface area contributed by atoms with E-state index in [1.807, 2.05) is 26.0 Å². The van der Waals surface area contributed by atoms with E-state index < -0.39 is 0 Å². The van der Waals surface area contributed by atoms with Gasteiger partial charge < -0.3 is 5.32 Å². The third-order valence-corrected chi connectivity index (χ3v) is 3.40. The molecule has 0 aliphatic heterocycles. The second kappa shape index (κ2) is 6.06. The van der Waals surface area contributed by atoms with Gasteiger partial charge in [-0.2, -0.15) is 0 Å². The molecular formula is C16H17ClN2O. The summed E-state index contributed by atoms with van der Waals surface area (Å²) < 4.78 is 0. The number of nitrogens with zero attached hydrogens (tertiary/aromatic N) is 1. The van der Waals surface area contributed by atoms with Crippen LogP contribution in [0.3, 0.4) is 0 Å². The molecule has 20 heavy (non-hydrogen) atoms. The number of carbonyl (C=O) groups is 1. The summed E-state index contributed by atoms with van der Waals surface area (Å²) >= 11 is 5.79. The van der Waals surface area contributed by atoms with E-state index in [0.29, 0.717) is 10.8 Å². The van der Waals surface area contributed by atoms with E-state index in [4.69, 9.17) is 11.6 Å². The summed E-state index contributed by atoms with van der Waals surface area (Å²) in [6.45, 7) is 6.05. The summed E-state index contributed by atoms with van der Waals surface area (Å²) in [4.78, 5) is 16.1. The minimum atomic E-state index is -0.222. The summed E-state index contributed by atoms with van der Waals surface area (Å²) in [5.74, 6) is -0.222. The van der Waals surface area contributed by atoms with Crippen molar-refractivity contribution >= 4 is 17.5 Å². The van der Waals surface area contributed by atoms with Crippen molar-refractivity contribution in [1.82, 2.24) is 10.3 Å². The summed E-state index contributed by atoms with van der Waals surface area (Å²) in [5.41, 5.74) is 3.80. The van der Waals surface area contributed by atoms with Gasteiger partial charge in [0.25, 0.3) is 5.91 Å². The molecule has 1 unspecified atom stereocenters. The molecule has 0 saturated carbocycles. The highest BCUT2D eigenvalue weighted by Crippen LogP contribution is 2.19. The zero-order valence-corrected chi connectivity index (χ0v) is 12.5. The number of aryl methyl sites for hydroxylation is 2. The molecule has 2 aromatic rings. The zero-order chi connectivity index (χ0) is 14.7. The molecule has 2 rings (SSSR count). The monoisotopic (exact) mass is 288 g/mol. The first-order valence-corrected chi connectivity index (χ1v) is 6.86. The largest absolute Gasteiger partial charge is 0.344 e. The Morgan fingerprint density at radius 2 is 2.00 bits per heavy atom. The molecule has 0 aliphatic rings. The third kappa shape index (κ3) is 3.36. The number of carbonyl (C=O) groups excluding carboxylic acids is 1. The van der Waals surface area contributed by atoms with Gasteiger partial charge in [0.1, 0.15) is 10.8 Å². The molecule has 4 heteroatoms. The second-order valence-corrected chi connectivity index (χ2v) is 5.29. The van der Waals surface area contributed by atoms with Crippen LogP contribution in [0.5, 0.6) is 0 Å². The number of halogens is 1. The summed E-state index contributed by atoms with van der Waals surface area (Å²) in [7, 11) is 0. The highest BCUT2D eigenvalue weighted by Gasteiger charge is 2.14. The van der Waals surface area contributed by atoms with Crippen molar-refractivity contribution in [1.29, 1.82) is 0 Å². The van der Waals surface area contributed by atoms with Gasteiger partial charge >= 0.3 is 0 Å². The van der Waals surface area contributed by atoms with Crippen LogP contribution in [-0.4, -0.2) is 10.9 Å². The van der Waals surface area contributed by atoms with Gasteiger partial charge in [-0.15, -0.1) is 0 Å². The normalized spacial score (nSPS) is 12.0. The number of hydrogen-bond acceptors (Lipinski definition) is 2. The maximum atomic E-state index is 12.1. The van der Waals surface area contributed by atoms with Gasteiger partial charge in [-0.05, 0) is 44.0 Å². The molecule has 0 fully saturated rings. The van der Waals surface area contributed by atoms with Crippen molar-refractivity contribution in [3.63, 3.8) is 0 Å². The van der Waals surface area contributed by atoms with Crippen LogP contribution in [0.4, 0.5) is 0 Å². The van der Waals surface area contributed by atoms with Gasteiger partial charge in [-0.3, -0.25) is 4.79 Å². The molecule has 1 atom stereocenters. The maximum Gasteiger partial charge on any atom is 0.270 e. The molecule has 1 aromatic carbocycles. The Balaban J connectivity index is 2.15. The fourth-order valence-electron chi connectivity index (χ4n) is 2.19. The zero-order valence-electron chi connectivity index (χ0n) is 11.8. The van der Waals surface area contributed by atoms with E-state index in [9.17, 15) is 4.79 Å². The lowest BCUT2D eigenvalue weighted by Crippen LogP contribution is -2.27. The third-order valence-electron chi connectivity index (χ3n) is 3.19. The number of benzene rings is 1. The minimum Gasteiger partial charge on any atom is -0.344 e. The van der Waals surface area contributed by atoms with Crippen molar-refractivity contribution in [3.8, 4) is 0 Å². The van der Waals surface area contributed by atoms with Gasteiger partial charge in [0.15, 0.2) is 0 Å². The first kappa shape index (κ1) is 14.5. The van der Waals surface area contributed by atoms with E-state index in [-0.39, 0.29) is 11.9 Å². The summed E-state index contributed by atoms with van der Waals surface area (Å²) in [6.07, 6.45) is 0. The van der Waals surface area contributed by atoms with Crippen molar-refractivity contribution in [3.05, 3.63) is 63.9 Å². The Labute approximate surface area is 124 Å². The van der Waals surface area contributed by atoms with Gasteiger partial charge in [0, 0.05) is 0 Å². The highest BCUT2D eigenvalue weighted by atomic mass is 35.5.